The molecule has 0 aliphatic heterocycles. The Hall–Kier alpha value is -1.36. The number of esters is 1. The van der Waals surface area contributed by atoms with Gasteiger partial charge in [-0.05, 0) is 38.2 Å². The Labute approximate surface area is 117 Å². The van der Waals surface area contributed by atoms with Gasteiger partial charge in [0.15, 0.2) is 0 Å². The van der Waals surface area contributed by atoms with Crippen molar-refractivity contribution < 1.29 is 14.3 Å². The van der Waals surface area contributed by atoms with Crippen LogP contribution in [0.15, 0.2) is 0 Å². The summed E-state index contributed by atoms with van der Waals surface area (Å²) in [6.07, 6.45) is 4.26. The SMILES string of the molecule is CCCC(=O)Nc1sc2c(c1C(=O)OCC)CCC2. The van der Waals surface area contributed by atoms with E-state index < -0.39 is 0 Å². The molecule has 0 saturated carbocycles. The van der Waals surface area contributed by atoms with Crippen LogP contribution >= 0.6 is 11.3 Å². The summed E-state index contributed by atoms with van der Waals surface area (Å²) in [5, 5.41) is 3.53. The van der Waals surface area contributed by atoms with Crippen molar-refractivity contribution in [1.82, 2.24) is 0 Å². The third-order valence-electron chi connectivity index (χ3n) is 3.13. The lowest BCUT2D eigenvalue weighted by molar-refractivity contribution is -0.116. The van der Waals surface area contributed by atoms with Crippen LogP contribution in [0.2, 0.25) is 0 Å². The van der Waals surface area contributed by atoms with Crippen molar-refractivity contribution in [2.24, 2.45) is 0 Å². The fourth-order valence-electron chi connectivity index (χ4n) is 2.33. The van der Waals surface area contributed by atoms with Gasteiger partial charge in [0.2, 0.25) is 5.91 Å². The number of rotatable bonds is 5. The zero-order valence-corrected chi connectivity index (χ0v) is 12.2. The fourth-order valence-corrected chi connectivity index (χ4v) is 3.62. The molecule has 1 aromatic rings. The number of nitrogens with one attached hydrogen (secondary N) is 1. The monoisotopic (exact) mass is 281 g/mol. The van der Waals surface area contributed by atoms with Gasteiger partial charge in [0.05, 0.1) is 12.2 Å². The molecule has 5 heteroatoms. The number of ether oxygens (including phenoxy) is 1. The van der Waals surface area contributed by atoms with Gasteiger partial charge in [-0.15, -0.1) is 11.3 Å². The first-order valence-corrected chi connectivity index (χ1v) is 7.60. The highest BCUT2D eigenvalue weighted by Gasteiger charge is 2.28. The van der Waals surface area contributed by atoms with E-state index in [0.29, 0.717) is 23.6 Å². The first kappa shape index (κ1) is 14.1. The van der Waals surface area contributed by atoms with Gasteiger partial charge < -0.3 is 10.1 Å². The molecule has 2 rings (SSSR count). The minimum Gasteiger partial charge on any atom is -0.462 e. The third kappa shape index (κ3) is 2.97. The van der Waals surface area contributed by atoms with Crippen molar-refractivity contribution in [2.45, 2.75) is 46.0 Å². The van der Waals surface area contributed by atoms with Gasteiger partial charge in [-0.2, -0.15) is 0 Å². The highest BCUT2D eigenvalue weighted by atomic mass is 32.1. The molecule has 0 aromatic carbocycles. The van der Waals surface area contributed by atoms with Crippen LogP contribution in [0.1, 0.15) is 53.9 Å². The fraction of sp³-hybridized carbons (Fsp3) is 0.571. The van der Waals surface area contributed by atoms with Crippen molar-refractivity contribution in [3.63, 3.8) is 0 Å². The Morgan fingerprint density at radius 3 is 2.79 bits per heavy atom. The summed E-state index contributed by atoms with van der Waals surface area (Å²) in [6, 6.07) is 0. The molecule has 1 aromatic heterocycles. The number of anilines is 1. The van der Waals surface area contributed by atoms with Gasteiger partial charge in [-0.25, -0.2) is 4.79 Å². The second-order valence-corrected chi connectivity index (χ2v) is 5.69. The quantitative estimate of drug-likeness (QED) is 0.843. The van der Waals surface area contributed by atoms with Crippen LogP contribution in [0.25, 0.3) is 0 Å². The van der Waals surface area contributed by atoms with E-state index in [4.69, 9.17) is 4.74 Å². The number of amides is 1. The predicted molar refractivity (Wildman–Crippen MR) is 75.8 cm³/mol. The molecule has 0 atom stereocenters. The maximum Gasteiger partial charge on any atom is 0.341 e. The normalized spacial score (nSPS) is 13.2. The maximum absolute atomic E-state index is 12.1. The Morgan fingerprint density at radius 2 is 2.11 bits per heavy atom. The summed E-state index contributed by atoms with van der Waals surface area (Å²) < 4.78 is 5.11. The van der Waals surface area contributed by atoms with E-state index in [2.05, 4.69) is 5.32 Å². The molecule has 0 saturated heterocycles. The summed E-state index contributed by atoms with van der Waals surface area (Å²) in [4.78, 5) is 25.0. The zero-order chi connectivity index (χ0) is 13.8. The first-order valence-electron chi connectivity index (χ1n) is 6.78. The van der Waals surface area contributed by atoms with E-state index in [1.165, 1.54) is 16.2 Å². The number of carbonyl (C=O) groups is 2. The molecular formula is C14H19NO3S. The molecule has 4 nitrogen and oxygen atoms in total. The topological polar surface area (TPSA) is 55.4 Å². The van der Waals surface area contributed by atoms with Crippen LogP contribution in [0.5, 0.6) is 0 Å². The van der Waals surface area contributed by atoms with Gasteiger partial charge in [-0.1, -0.05) is 6.92 Å². The highest BCUT2D eigenvalue weighted by molar-refractivity contribution is 7.17. The van der Waals surface area contributed by atoms with E-state index >= 15 is 0 Å². The molecule has 1 N–H and O–H groups in total. The van der Waals surface area contributed by atoms with Crippen molar-refractivity contribution in [1.29, 1.82) is 0 Å². The average Bonchev–Trinajstić information content (AvgIpc) is 2.89. The summed E-state index contributed by atoms with van der Waals surface area (Å²) >= 11 is 1.52. The molecule has 0 fully saturated rings. The average molecular weight is 281 g/mol. The third-order valence-corrected chi connectivity index (χ3v) is 4.34. The molecule has 104 valence electrons. The summed E-state index contributed by atoms with van der Waals surface area (Å²) in [5.41, 5.74) is 1.67. The van der Waals surface area contributed by atoms with Crippen LogP contribution < -0.4 is 5.32 Å². The van der Waals surface area contributed by atoms with Crippen molar-refractivity contribution >= 4 is 28.2 Å². The Bertz CT molecular complexity index is 493. The summed E-state index contributed by atoms with van der Waals surface area (Å²) in [7, 11) is 0. The molecular weight excluding hydrogens is 262 g/mol. The molecule has 0 unspecified atom stereocenters. The van der Waals surface area contributed by atoms with Gasteiger partial charge >= 0.3 is 5.97 Å². The molecule has 0 spiro atoms. The number of aryl methyl sites for hydroxylation is 1. The number of hydrogen-bond donors (Lipinski definition) is 1. The van der Waals surface area contributed by atoms with Crippen LogP contribution in [0.4, 0.5) is 5.00 Å². The zero-order valence-electron chi connectivity index (χ0n) is 11.4. The lowest BCUT2D eigenvalue weighted by Crippen LogP contribution is -2.14. The molecule has 19 heavy (non-hydrogen) atoms. The highest BCUT2D eigenvalue weighted by Crippen LogP contribution is 2.39. The van der Waals surface area contributed by atoms with Crippen LogP contribution in [0, 0.1) is 0 Å². The molecule has 1 amide bonds. The number of carbonyl (C=O) groups excluding carboxylic acids is 2. The van der Waals surface area contributed by atoms with E-state index in [0.717, 1.165) is 31.2 Å². The van der Waals surface area contributed by atoms with Crippen molar-refractivity contribution in [2.75, 3.05) is 11.9 Å². The van der Waals surface area contributed by atoms with Crippen molar-refractivity contribution in [3.8, 4) is 0 Å². The van der Waals surface area contributed by atoms with E-state index in [1.54, 1.807) is 6.92 Å². The summed E-state index contributed by atoms with van der Waals surface area (Å²) in [5.74, 6) is -0.346. The second-order valence-electron chi connectivity index (χ2n) is 4.58. The van der Waals surface area contributed by atoms with E-state index in [9.17, 15) is 9.59 Å². The number of hydrogen-bond acceptors (Lipinski definition) is 4. The van der Waals surface area contributed by atoms with E-state index in [1.807, 2.05) is 6.92 Å². The molecule has 1 aliphatic carbocycles. The molecule has 0 bridgehead atoms. The minimum absolute atomic E-state index is 0.0343. The van der Waals surface area contributed by atoms with Crippen LogP contribution in [0.3, 0.4) is 0 Å². The first-order chi connectivity index (χ1) is 9.17. The van der Waals surface area contributed by atoms with Gasteiger partial charge in [-0.3, -0.25) is 4.79 Å². The Balaban J connectivity index is 2.27. The minimum atomic E-state index is -0.311. The van der Waals surface area contributed by atoms with Gasteiger partial charge in [0.1, 0.15) is 5.00 Å². The number of thiophene rings is 1. The van der Waals surface area contributed by atoms with Crippen LogP contribution in [-0.2, 0) is 22.4 Å². The lowest BCUT2D eigenvalue weighted by atomic mass is 10.1. The Kier molecular flexibility index (Phi) is 4.58. The predicted octanol–water partition coefficient (Wildman–Crippen LogP) is 3.15. The van der Waals surface area contributed by atoms with Gasteiger partial charge in [0.25, 0.3) is 0 Å². The second kappa shape index (κ2) is 6.19. The van der Waals surface area contributed by atoms with Crippen molar-refractivity contribution in [3.05, 3.63) is 16.0 Å². The number of fused-ring (bicyclic) bond motifs is 1. The standard InChI is InChI=1S/C14H19NO3S/c1-3-6-11(16)15-13-12(14(17)18-4-2)9-7-5-8-10(9)19-13/h3-8H2,1-2H3,(H,15,16). The molecule has 1 heterocycles. The largest absolute Gasteiger partial charge is 0.462 e. The molecule has 1 aliphatic rings. The lowest BCUT2D eigenvalue weighted by Gasteiger charge is -2.07. The van der Waals surface area contributed by atoms with Crippen LogP contribution in [-0.4, -0.2) is 18.5 Å². The Morgan fingerprint density at radius 1 is 1.32 bits per heavy atom. The smallest absolute Gasteiger partial charge is 0.341 e. The van der Waals surface area contributed by atoms with E-state index in [-0.39, 0.29) is 11.9 Å². The maximum atomic E-state index is 12.1. The summed E-state index contributed by atoms with van der Waals surface area (Å²) in [6.45, 7) is 4.10. The molecule has 0 radical (unpaired) electrons. The van der Waals surface area contributed by atoms with Gasteiger partial charge in [0, 0.05) is 11.3 Å².